The van der Waals surface area contributed by atoms with Gasteiger partial charge in [-0.3, -0.25) is 9.59 Å². The van der Waals surface area contributed by atoms with Crippen LogP contribution >= 0.6 is 0 Å². The molecule has 142 valence electrons. The first-order chi connectivity index (χ1) is 13.7. The number of hydrazone groups is 1. The number of rotatable bonds is 7. The summed E-state index contributed by atoms with van der Waals surface area (Å²) in [6.07, 6.45) is 2.92. The lowest BCUT2D eigenvalue weighted by atomic mass is 10.2. The number of para-hydroxylation sites is 1. The second kappa shape index (κ2) is 9.72. The third-order valence-corrected chi connectivity index (χ3v) is 3.74. The number of carbonyl (C=O) groups is 2. The van der Waals surface area contributed by atoms with Crippen LogP contribution in [0.2, 0.25) is 0 Å². The average molecular weight is 377 g/mol. The van der Waals surface area contributed by atoms with Crippen LogP contribution in [0.4, 0.5) is 0 Å². The second-order valence-corrected chi connectivity index (χ2v) is 5.77. The number of hydrogen-bond acceptors (Lipinski definition) is 5. The van der Waals surface area contributed by atoms with Gasteiger partial charge in [0.15, 0.2) is 0 Å². The van der Waals surface area contributed by atoms with E-state index in [0.717, 1.165) is 5.56 Å². The molecule has 0 atom stereocenters. The van der Waals surface area contributed by atoms with Crippen LogP contribution in [0.5, 0.6) is 5.75 Å². The topological polar surface area (TPSA) is 92.9 Å². The first-order valence-electron chi connectivity index (χ1n) is 8.62. The number of nitrogens with zero attached hydrogens (tertiary/aromatic N) is 1. The highest BCUT2D eigenvalue weighted by Gasteiger charge is 2.12. The molecule has 0 saturated carbocycles. The molecule has 0 spiro atoms. The number of amides is 2. The lowest BCUT2D eigenvalue weighted by Gasteiger charge is -2.09. The van der Waals surface area contributed by atoms with Crippen molar-refractivity contribution in [3.8, 4) is 5.75 Å². The van der Waals surface area contributed by atoms with Gasteiger partial charge < -0.3 is 14.5 Å². The van der Waals surface area contributed by atoms with Crippen molar-refractivity contribution in [2.45, 2.75) is 13.2 Å². The predicted molar refractivity (Wildman–Crippen MR) is 104 cm³/mol. The number of benzene rings is 2. The summed E-state index contributed by atoms with van der Waals surface area (Å²) in [5.41, 5.74) is 3.91. The van der Waals surface area contributed by atoms with Crippen LogP contribution in [0.1, 0.15) is 16.9 Å². The van der Waals surface area contributed by atoms with Gasteiger partial charge in [-0.2, -0.15) is 5.10 Å². The second-order valence-electron chi connectivity index (χ2n) is 5.77. The van der Waals surface area contributed by atoms with Crippen molar-refractivity contribution < 1.29 is 18.7 Å². The van der Waals surface area contributed by atoms with Crippen molar-refractivity contribution in [3.05, 3.63) is 89.9 Å². The normalized spacial score (nSPS) is 10.6. The zero-order valence-corrected chi connectivity index (χ0v) is 15.0. The lowest BCUT2D eigenvalue weighted by molar-refractivity contribution is -0.139. The van der Waals surface area contributed by atoms with Crippen LogP contribution < -0.4 is 15.5 Å². The van der Waals surface area contributed by atoms with Crippen LogP contribution in [0, 0.1) is 0 Å². The van der Waals surface area contributed by atoms with Gasteiger partial charge in [0.2, 0.25) is 0 Å². The zero-order valence-electron chi connectivity index (χ0n) is 15.0. The first kappa shape index (κ1) is 18.9. The maximum atomic E-state index is 11.8. The minimum atomic E-state index is -0.870. The van der Waals surface area contributed by atoms with E-state index in [0.29, 0.717) is 23.7 Å². The monoisotopic (exact) mass is 377 g/mol. The fraction of sp³-hybridized carbons (Fsp3) is 0.0952. The number of carbonyl (C=O) groups excluding carboxylic acids is 2. The van der Waals surface area contributed by atoms with Gasteiger partial charge in [-0.1, -0.05) is 42.5 Å². The summed E-state index contributed by atoms with van der Waals surface area (Å²) in [5.74, 6) is -0.506. The van der Waals surface area contributed by atoms with Gasteiger partial charge in [-0.15, -0.1) is 0 Å². The van der Waals surface area contributed by atoms with E-state index in [9.17, 15) is 9.59 Å². The first-order valence-corrected chi connectivity index (χ1v) is 8.62. The molecule has 2 aromatic carbocycles. The third kappa shape index (κ3) is 5.57. The molecule has 2 amide bonds. The molecule has 7 heteroatoms. The molecule has 0 radical (unpaired) electrons. The highest BCUT2D eigenvalue weighted by atomic mass is 16.5. The smallest absolute Gasteiger partial charge is 0.329 e. The average Bonchev–Trinajstić information content (AvgIpc) is 3.25. The van der Waals surface area contributed by atoms with E-state index in [1.165, 1.54) is 12.5 Å². The summed E-state index contributed by atoms with van der Waals surface area (Å²) >= 11 is 0. The summed E-state index contributed by atoms with van der Waals surface area (Å²) in [6.45, 7) is 0.534. The summed E-state index contributed by atoms with van der Waals surface area (Å²) in [5, 5.41) is 6.27. The van der Waals surface area contributed by atoms with Crippen LogP contribution in [0.25, 0.3) is 0 Å². The largest absolute Gasteiger partial charge is 0.488 e. The van der Waals surface area contributed by atoms with E-state index in [1.54, 1.807) is 18.2 Å². The molecule has 0 bridgehead atoms. The van der Waals surface area contributed by atoms with Crippen molar-refractivity contribution >= 4 is 18.0 Å². The van der Waals surface area contributed by atoms with Crippen molar-refractivity contribution in [2.24, 2.45) is 5.10 Å². The molecular formula is C21H19N3O4. The Hall–Kier alpha value is -3.87. The molecule has 0 aliphatic carbocycles. The van der Waals surface area contributed by atoms with Gasteiger partial charge in [0.25, 0.3) is 0 Å². The van der Waals surface area contributed by atoms with E-state index < -0.39 is 11.8 Å². The standard InChI is InChI=1S/C21H19N3O4/c25-20(22-14-18-10-6-12-27-18)21(26)24-23-13-17-9-4-5-11-19(17)28-15-16-7-2-1-3-8-16/h1-13H,14-15H2,(H,22,25)(H,24,26). The molecule has 28 heavy (non-hydrogen) atoms. The van der Waals surface area contributed by atoms with Crippen molar-refractivity contribution in [2.75, 3.05) is 0 Å². The van der Waals surface area contributed by atoms with Crippen LogP contribution in [0.3, 0.4) is 0 Å². The Morgan fingerprint density at radius 2 is 1.75 bits per heavy atom. The van der Waals surface area contributed by atoms with E-state index in [1.807, 2.05) is 48.5 Å². The molecule has 0 aliphatic heterocycles. The van der Waals surface area contributed by atoms with E-state index >= 15 is 0 Å². The maximum absolute atomic E-state index is 11.8. The third-order valence-electron chi connectivity index (χ3n) is 3.74. The minimum absolute atomic E-state index is 0.124. The number of furan rings is 1. The predicted octanol–water partition coefficient (Wildman–Crippen LogP) is 2.63. The lowest BCUT2D eigenvalue weighted by Crippen LogP contribution is -2.37. The van der Waals surface area contributed by atoms with E-state index in [-0.39, 0.29) is 6.54 Å². The Morgan fingerprint density at radius 3 is 2.54 bits per heavy atom. The van der Waals surface area contributed by atoms with Crippen molar-refractivity contribution in [1.29, 1.82) is 0 Å². The van der Waals surface area contributed by atoms with Crippen LogP contribution in [-0.2, 0) is 22.7 Å². The summed E-state index contributed by atoms with van der Waals surface area (Å²) < 4.78 is 10.9. The van der Waals surface area contributed by atoms with Gasteiger partial charge in [-0.25, -0.2) is 5.43 Å². The minimum Gasteiger partial charge on any atom is -0.488 e. The van der Waals surface area contributed by atoms with E-state index in [2.05, 4.69) is 15.8 Å². The molecular weight excluding hydrogens is 358 g/mol. The highest BCUT2D eigenvalue weighted by molar-refractivity contribution is 6.35. The Balaban J connectivity index is 1.52. The molecule has 1 heterocycles. The SMILES string of the molecule is O=C(NCc1ccco1)C(=O)NN=Cc1ccccc1OCc1ccccc1. The molecule has 1 aromatic heterocycles. The van der Waals surface area contributed by atoms with Gasteiger partial charge in [0.1, 0.15) is 18.1 Å². The number of nitrogens with one attached hydrogen (secondary N) is 2. The molecule has 0 fully saturated rings. The summed E-state index contributed by atoms with van der Waals surface area (Å²) in [6, 6.07) is 20.4. The van der Waals surface area contributed by atoms with E-state index in [4.69, 9.17) is 9.15 Å². The Labute approximate surface area is 162 Å². The molecule has 2 N–H and O–H groups in total. The fourth-order valence-corrected chi connectivity index (χ4v) is 2.33. The molecule has 0 unspecified atom stereocenters. The Bertz CT molecular complexity index is 937. The highest BCUT2D eigenvalue weighted by Crippen LogP contribution is 2.17. The zero-order chi connectivity index (χ0) is 19.6. The van der Waals surface area contributed by atoms with Crippen LogP contribution in [-0.4, -0.2) is 18.0 Å². The maximum Gasteiger partial charge on any atom is 0.329 e. The van der Waals surface area contributed by atoms with Gasteiger partial charge in [0, 0.05) is 5.56 Å². The van der Waals surface area contributed by atoms with Crippen molar-refractivity contribution in [1.82, 2.24) is 10.7 Å². The summed E-state index contributed by atoms with van der Waals surface area (Å²) in [4.78, 5) is 23.5. The fourth-order valence-electron chi connectivity index (χ4n) is 2.33. The molecule has 7 nitrogen and oxygen atoms in total. The number of ether oxygens (including phenoxy) is 1. The molecule has 0 aliphatic rings. The summed E-state index contributed by atoms with van der Waals surface area (Å²) in [7, 11) is 0. The van der Waals surface area contributed by atoms with Crippen molar-refractivity contribution in [3.63, 3.8) is 0 Å². The molecule has 3 aromatic rings. The Kier molecular flexibility index (Phi) is 6.57. The van der Waals surface area contributed by atoms with Gasteiger partial charge in [-0.05, 0) is 29.8 Å². The van der Waals surface area contributed by atoms with Crippen LogP contribution in [0.15, 0.2) is 82.5 Å². The van der Waals surface area contributed by atoms with Gasteiger partial charge >= 0.3 is 11.8 Å². The molecule has 0 saturated heterocycles. The Morgan fingerprint density at radius 1 is 0.964 bits per heavy atom. The van der Waals surface area contributed by atoms with Gasteiger partial charge in [0.05, 0.1) is 19.0 Å². The molecule has 3 rings (SSSR count). The number of hydrogen-bond donors (Lipinski definition) is 2. The quantitative estimate of drug-likeness (QED) is 0.376.